The van der Waals surface area contributed by atoms with Crippen LogP contribution in [0.5, 0.6) is 23.0 Å². The van der Waals surface area contributed by atoms with E-state index in [0.29, 0.717) is 41.8 Å². The average Bonchev–Trinajstić information content (AvgIpc) is 3.55. The molecule has 8 heteroatoms. The molecular weight excluding hydrogens is 572 g/mol. The zero-order valence-electron chi connectivity index (χ0n) is 25.2. The van der Waals surface area contributed by atoms with Crippen molar-refractivity contribution in [2.45, 2.75) is 45.5 Å². The lowest BCUT2D eigenvalue weighted by atomic mass is 10.1. The van der Waals surface area contributed by atoms with Gasteiger partial charge in [0.15, 0.2) is 23.0 Å². The first kappa shape index (κ1) is 31.2. The van der Waals surface area contributed by atoms with Gasteiger partial charge in [0.2, 0.25) is 12.9 Å². The Morgan fingerprint density at radius 3 is 2.18 bits per heavy atom. The van der Waals surface area contributed by atoms with Crippen LogP contribution < -0.4 is 18.9 Å². The van der Waals surface area contributed by atoms with Gasteiger partial charge >= 0.3 is 11.9 Å². The molecule has 232 valence electrons. The zero-order chi connectivity index (χ0) is 31.3. The minimum Gasteiger partial charge on any atom is -0.485 e. The summed E-state index contributed by atoms with van der Waals surface area (Å²) >= 11 is 0. The lowest BCUT2D eigenvalue weighted by Crippen LogP contribution is -2.31. The molecule has 0 fully saturated rings. The van der Waals surface area contributed by atoms with E-state index in [9.17, 15) is 9.59 Å². The molecule has 0 N–H and O–H groups in total. The molecule has 45 heavy (non-hydrogen) atoms. The van der Waals surface area contributed by atoms with Crippen molar-refractivity contribution in [2.24, 2.45) is 0 Å². The van der Waals surface area contributed by atoms with E-state index in [1.54, 1.807) is 24.3 Å². The first-order valence-corrected chi connectivity index (χ1v) is 15.0. The molecule has 4 aromatic rings. The zero-order valence-corrected chi connectivity index (χ0v) is 25.2. The number of unbranched alkanes of at least 4 members (excludes halogenated alkanes) is 1. The molecule has 1 heterocycles. The number of benzene rings is 4. The van der Waals surface area contributed by atoms with Crippen LogP contribution in [0.25, 0.3) is 6.08 Å². The Bertz CT molecular complexity index is 1580. The molecule has 0 saturated heterocycles. The molecule has 0 amide bonds. The standard InChI is InChI=1S/C37H36O8/c1-2-3-20-40-37(39)35(23-30-15-18-32-34(22-30)44-26-43-32)45-36(38)19-16-27-14-17-31(41-24-28-10-6-4-7-11-28)33(21-27)42-25-29-12-8-5-9-13-29/h4-19,21-22,35H,2-3,20,23-26H2,1H3/b19-16+. The number of fused-ring (bicyclic) bond motifs is 1. The lowest BCUT2D eigenvalue weighted by molar-refractivity contribution is -0.165. The Labute approximate surface area is 263 Å². The van der Waals surface area contributed by atoms with Crippen molar-refractivity contribution >= 4 is 18.0 Å². The molecule has 1 unspecified atom stereocenters. The van der Waals surface area contributed by atoms with Gasteiger partial charge in [-0.2, -0.15) is 0 Å². The number of hydrogen-bond acceptors (Lipinski definition) is 8. The van der Waals surface area contributed by atoms with Crippen molar-refractivity contribution in [3.05, 3.63) is 125 Å². The third kappa shape index (κ3) is 9.37. The molecule has 0 bridgehead atoms. The van der Waals surface area contributed by atoms with Crippen molar-refractivity contribution in [1.29, 1.82) is 0 Å². The number of ether oxygens (including phenoxy) is 6. The summed E-state index contributed by atoms with van der Waals surface area (Å²) in [7, 11) is 0. The van der Waals surface area contributed by atoms with E-state index in [1.165, 1.54) is 6.08 Å². The molecule has 1 aliphatic heterocycles. The second kappa shape index (κ2) is 16.0. The van der Waals surface area contributed by atoms with Crippen LogP contribution in [0.4, 0.5) is 0 Å². The topological polar surface area (TPSA) is 89.5 Å². The van der Waals surface area contributed by atoms with Crippen molar-refractivity contribution in [3.8, 4) is 23.0 Å². The van der Waals surface area contributed by atoms with Crippen molar-refractivity contribution in [3.63, 3.8) is 0 Å². The minimum absolute atomic E-state index is 0.131. The van der Waals surface area contributed by atoms with E-state index in [4.69, 9.17) is 28.4 Å². The summed E-state index contributed by atoms with van der Waals surface area (Å²) in [6, 6.07) is 30.5. The van der Waals surface area contributed by atoms with Gasteiger partial charge in [-0.25, -0.2) is 9.59 Å². The van der Waals surface area contributed by atoms with Crippen LogP contribution in [0.3, 0.4) is 0 Å². The number of carbonyl (C=O) groups is 2. The summed E-state index contributed by atoms with van der Waals surface area (Å²) < 4.78 is 34.1. The fourth-order valence-corrected chi connectivity index (χ4v) is 4.54. The lowest BCUT2D eigenvalue weighted by Gasteiger charge is -2.16. The molecule has 0 spiro atoms. The van der Waals surface area contributed by atoms with Crippen molar-refractivity contribution in [1.82, 2.24) is 0 Å². The van der Waals surface area contributed by atoms with E-state index in [0.717, 1.165) is 29.5 Å². The molecule has 1 aliphatic rings. The monoisotopic (exact) mass is 608 g/mol. The maximum absolute atomic E-state index is 12.9. The van der Waals surface area contributed by atoms with Gasteiger partial charge in [-0.15, -0.1) is 0 Å². The van der Waals surface area contributed by atoms with E-state index >= 15 is 0 Å². The molecule has 5 rings (SSSR count). The maximum Gasteiger partial charge on any atom is 0.347 e. The van der Waals surface area contributed by atoms with Gasteiger partial charge in [-0.3, -0.25) is 0 Å². The molecule has 0 radical (unpaired) electrons. The van der Waals surface area contributed by atoms with Gasteiger partial charge < -0.3 is 28.4 Å². The van der Waals surface area contributed by atoms with Crippen LogP contribution in [0.1, 0.15) is 42.0 Å². The van der Waals surface area contributed by atoms with Crippen LogP contribution >= 0.6 is 0 Å². The first-order chi connectivity index (χ1) is 22.1. The highest BCUT2D eigenvalue weighted by molar-refractivity contribution is 5.89. The summed E-state index contributed by atoms with van der Waals surface area (Å²) in [5.74, 6) is 1.05. The van der Waals surface area contributed by atoms with Gasteiger partial charge in [0.1, 0.15) is 13.2 Å². The van der Waals surface area contributed by atoms with Crippen LogP contribution in [-0.4, -0.2) is 31.4 Å². The molecule has 0 aromatic heterocycles. The first-order valence-electron chi connectivity index (χ1n) is 15.0. The fraction of sp³-hybridized carbons (Fsp3) is 0.243. The largest absolute Gasteiger partial charge is 0.485 e. The molecular formula is C37H36O8. The number of esters is 2. The Morgan fingerprint density at radius 2 is 1.47 bits per heavy atom. The highest BCUT2D eigenvalue weighted by Crippen LogP contribution is 2.33. The Morgan fingerprint density at radius 1 is 0.778 bits per heavy atom. The second-order valence-electron chi connectivity index (χ2n) is 10.4. The van der Waals surface area contributed by atoms with Crippen molar-refractivity contribution < 1.29 is 38.0 Å². The third-order valence-electron chi connectivity index (χ3n) is 6.98. The molecule has 0 saturated carbocycles. The SMILES string of the molecule is CCCCOC(=O)C(Cc1ccc2c(c1)OCO2)OC(=O)/C=C/c1ccc(OCc2ccccc2)c(OCc2ccccc2)c1. The van der Waals surface area contributed by atoms with E-state index in [2.05, 4.69) is 0 Å². The van der Waals surface area contributed by atoms with Crippen LogP contribution in [0.15, 0.2) is 103 Å². The second-order valence-corrected chi connectivity index (χ2v) is 10.4. The van der Waals surface area contributed by atoms with E-state index in [-0.39, 0.29) is 19.8 Å². The van der Waals surface area contributed by atoms with Gasteiger partial charge in [-0.05, 0) is 59.0 Å². The fourth-order valence-electron chi connectivity index (χ4n) is 4.54. The Hall–Kier alpha value is -5.24. The van der Waals surface area contributed by atoms with Crippen molar-refractivity contribution in [2.75, 3.05) is 13.4 Å². The van der Waals surface area contributed by atoms with Crippen LogP contribution in [-0.2, 0) is 38.7 Å². The molecule has 1 atom stereocenters. The summed E-state index contributed by atoms with van der Waals surface area (Å²) in [6.07, 6.45) is 3.49. The smallest absolute Gasteiger partial charge is 0.347 e. The van der Waals surface area contributed by atoms with Gasteiger partial charge in [0, 0.05) is 12.5 Å². The normalized spacial score (nSPS) is 12.5. The summed E-state index contributed by atoms with van der Waals surface area (Å²) in [5, 5.41) is 0. The summed E-state index contributed by atoms with van der Waals surface area (Å²) in [4.78, 5) is 25.8. The van der Waals surface area contributed by atoms with Gasteiger partial charge in [0.05, 0.1) is 6.61 Å². The molecule has 8 nitrogen and oxygen atoms in total. The highest BCUT2D eigenvalue weighted by Gasteiger charge is 2.25. The minimum atomic E-state index is -1.13. The molecule has 0 aliphatic carbocycles. The highest BCUT2D eigenvalue weighted by atomic mass is 16.7. The maximum atomic E-state index is 12.9. The average molecular weight is 609 g/mol. The quantitative estimate of drug-likeness (QED) is 0.0803. The number of rotatable bonds is 15. The van der Waals surface area contributed by atoms with Crippen LogP contribution in [0.2, 0.25) is 0 Å². The third-order valence-corrected chi connectivity index (χ3v) is 6.98. The van der Waals surface area contributed by atoms with Gasteiger partial charge in [-0.1, -0.05) is 86.1 Å². The Balaban J connectivity index is 1.28. The predicted octanol–water partition coefficient (Wildman–Crippen LogP) is 7.08. The van der Waals surface area contributed by atoms with Crippen LogP contribution in [0, 0.1) is 0 Å². The molecule has 4 aromatic carbocycles. The number of hydrogen-bond donors (Lipinski definition) is 0. The van der Waals surface area contributed by atoms with E-state index < -0.39 is 18.0 Å². The summed E-state index contributed by atoms with van der Waals surface area (Å²) in [5.41, 5.74) is 3.48. The predicted molar refractivity (Wildman–Crippen MR) is 169 cm³/mol. The summed E-state index contributed by atoms with van der Waals surface area (Å²) in [6.45, 7) is 3.12. The van der Waals surface area contributed by atoms with Gasteiger partial charge in [0.25, 0.3) is 0 Å². The Kier molecular flexibility index (Phi) is 11.1. The number of carbonyl (C=O) groups excluding carboxylic acids is 2. The van der Waals surface area contributed by atoms with E-state index in [1.807, 2.05) is 85.8 Å².